The molecule has 0 saturated heterocycles. The van der Waals surface area contributed by atoms with E-state index in [1.807, 2.05) is 26.0 Å². The second kappa shape index (κ2) is 8.58. The van der Waals surface area contributed by atoms with Crippen molar-refractivity contribution in [2.75, 3.05) is 12.3 Å². The molecule has 0 aliphatic rings. The molecule has 0 spiro atoms. The molecule has 4 N–H and O–H groups in total. The van der Waals surface area contributed by atoms with Crippen molar-refractivity contribution in [2.24, 2.45) is 0 Å². The molecule has 0 aliphatic carbocycles. The Morgan fingerprint density at radius 1 is 1.44 bits per heavy atom. The Morgan fingerprint density at radius 2 is 2.06 bits per heavy atom. The molecule has 1 aromatic heterocycles. The molecule has 0 bridgehead atoms. The summed E-state index contributed by atoms with van der Waals surface area (Å²) in [5.41, 5.74) is 6.69. The molecule has 1 aromatic rings. The summed E-state index contributed by atoms with van der Waals surface area (Å²) >= 11 is 0. The molecule has 2 atom stereocenters. The highest BCUT2D eigenvalue weighted by atomic mass is 35.5. The number of aliphatic hydroxyl groups excluding tert-OH is 1. The van der Waals surface area contributed by atoms with Crippen LogP contribution in [0.5, 0.6) is 0 Å². The number of rotatable bonds is 4. The van der Waals surface area contributed by atoms with Crippen molar-refractivity contribution in [1.29, 1.82) is 0 Å². The Morgan fingerprint density at radius 3 is 2.56 bits per heavy atom. The number of aromatic nitrogens is 1. The van der Waals surface area contributed by atoms with Crippen LogP contribution < -0.4 is 11.1 Å². The molecule has 94 valence electrons. The normalized spacial score (nSPS) is 13.2. The summed E-state index contributed by atoms with van der Waals surface area (Å²) in [6, 6.07) is 3.95. The van der Waals surface area contributed by atoms with E-state index in [2.05, 4.69) is 10.3 Å². The summed E-state index contributed by atoms with van der Waals surface area (Å²) in [4.78, 5) is 4.01. The number of nitrogens with zero attached hydrogens (tertiary/aromatic N) is 1. The van der Waals surface area contributed by atoms with Crippen molar-refractivity contribution in [3.63, 3.8) is 0 Å². The van der Waals surface area contributed by atoms with E-state index >= 15 is 0 Å². The largest absolute Gasteiger partial charge is 0.395 e. The van der Waals surface area contributed by atoms with Crippen molar-refractivity contribution in [1.82, 2.24) is 10.3 Å². The molecule has 0 radical (unpaired) electrons. The molecule has 0 unspecified atom stereocenters. The Labute approximate surface area is 108 Å². The first-order valence-electron chi connectivity index (χ1n) is 4.72. The monoisotopic (exact) mass is 267 g/mol. The molecule has 0 amide bonds. The van der Waals surface area contributed by atoms with Gasteiger partial charge in [-0.1, -0.05) is 6.07 Å². The predicted octanol–water partition coefficient (Wildman–Crippen LogP) is 1.54. The average Bonchev–Trinajstić information content (AvgIpc) is 2.18. The standard InChI is InChI=1S/C10H17N3O.2ClH/c1-7(6-14)13-8(2)9-4-3-5-12-10(9)11;;/h3-5,7-8,13-14H,6H2,1-2H3,(H2,11,12);2*1H/t7-,8+;;/m0../s1. The number of nitrogens with two attached hydrogens (primary N) is 1. The van der Waals surface area contributed by atoms with Crippen molar-refractivity contribution < 1.29 is 5.11 Å². The van der Waals surface area contributed by atoms with E-state index in [1.54, 1.807) is 6.20 Å². The number of hydrogen-bond donors (Lipinski definition) is 3. The minimum atomic E-state index is 0. The van der Waals surface area contributed by atoms with Gasteiger partial charge in [0.1, 0.15) is 5.82 Å². The lowest BCUT2D eigenvalue weighted by atomic mass is 10.1. The maximum Gasteiger partial charge on any atom is 0.128 e. The first-order valence-corrected chi connectivity index (χ1v) is 4.72. The van der Waals surface area contributed by atoms with Gasteiger partial charge >= 0.3 is 0 Å². The maximum absolute atomic E-state index is 8.89. The predicted molar refractivity (Wildman–Crippen MR) is 71.2 cm³/mol. The zero-order valence-electron chi connectivity index (χ0n) is 9.38. The lowest BCUT2D eigenvalue weighted by Gasteiger charge is -2.19. The van der Waals surface area contributed by atoms with Crippen LogP contribution in [0, 0.1) is 0 Å². The van der Waals surface area contributed by atoms with E-state index in [4.69, 9.17) is 10.8 Å². The minimum absolute atomic E-state index is 0. The third kappa shape index (κ3) is 4.99. The zero-order chi connectivity index (χ0) is 10.6. The van der Waals surface area contributed by atoms with E-state index in [0.29, 0.717) is 5.82 Å². The van der Waals surface area contributed by atoms with Crippen LogP contribution in [0.25, 0.3) is 0 Å². The Hall–Kier alpha value is -0.550. The van der Waals surface area contributed by atoms with E-state index in [9.17, 15) is 0 Å². The fourth-order valence-electron chi connectivity index (χ4n) is 1.37. The number of halogens is 2. The van der Waals surface area contributed by atoms with E-state index < -0.39 is 0 Å². The molecule has 6 heteroatoms. The van der Waals surface area contributed by atoms with Crippen molar-refractivity contribution in [3.05, 3.63) is 23.9 Å². The van der Waals surface area contributed by atoms with Crippen LogP contribution in [0.3, 0.4) is 0 Å². The number of nitrogen functional groups attached to an aromatic ring is 1. The maximum atomic E-state index is 8.89. The van der Waals surface area contributed by atoms with Gasteiger partial charge in [-0.15, -0.1) is 24.8 Å². The summed E-state index contributed by atoms with van der Waals surface area (Å²) in [6.07, 6.45) is 1.67. The van der Waals surface area contributed by atoms with Crippen LogP contribution in [0.4, 0.5) is 5.82 Å². The lowest BCUT2D eigenvalue weighted by Crippen LogP contribution is -2.32. The van der Waals surface area contributed by atoms with Gasteiger partial charge in [0.15, 0.2) is 0 Å². The highest BCUT2D eigenvalue weighted by Gasteiger charge is 2.11. The van der Waals surface area contributed by atoms with Crippen LogP contribution in [0.2, 0.25) is 0 Å². The summed E-state index contributed by atoms with van der Waals surface area (Å²) in [7, 11) is 0. The number of aliphatic hydroxyl groups is 1. The van der Waals surface area contributed by atoms with Gasteiger partial charge in [-0.3, -0.25) is 0 Å². The summed E-state index contributed by atoms with van der Waals surface area (Å²) in [6.45, 7) is 4.03. The van der Waals surface area contributed by atoms with Gasteiger partial charge in [-0.2, -0.15) is 0 Å². The quantitative estimate of drug-likeness (QED) is 0.774. The van der Waals surface area contributed by atoms with Gasteiger partial charge in [0, 0.05) is 23.8 Å². The molecule has 16 heavy (non-hydrogen) atoms. The van der Waals surface area contributed by atoms with Crippen LogP contribution in [0.1, 0.15) is 25.5 Å². The van der Waals surface area contributed by atoms with E-state index in [-0.39, 0.29) is 43.5 Å². The summed E-state index contributed by atoms with van der Waals surface area (Å²) < 4.78 is 0. The first kappa shape index (κ1) is 17.8. The van der Waals surface area contributed by atoms with Gasteiger partial charge in [-0.25, -0.2) is 4.98 Å². The molecule has 0 aliphatic heterocycles. The summed E-state index contributed by atoms with van der Waals surface area (Å²) in [5, 5.41) is 12.1. The Balaban J connectivity index is 0. The van der Waals surface area contributed by atoms with Crippen molar-refractivity contribution in [2.45, 2.75) is 25.9 Å². The fraction of sp³-hybridized carbons (Fsp3) is 0.500. The second-order valence-electron chi connectivity index (χ2n) is 3.45. The van der Waals surface area contributed by atoms with Crippen LogP contribution in [-0.2, 0) is 0 Å². The van der Waals surface area contributed by atoms with Crippen LogP contribution >= 0.6 is 24.8 Å². The molecule has 1 rings (SSSR count). The van der Waals surface area contributed by atoms with Crippen LogP contribution in [-0.4, -0.2) is 22.7 Å². The highest BCUT2D eigenvalue weighted by Crippen LogP contribution is 2.17. The van der Waals surface area contributed by atoms with Gasteiger partial charge in [0.2, 0.25) is 0 Å². The number of nitrogens with one attached hydrogen (secondary N) is 1. The number of pyridine rings is 1. The van der Waals surface area contributed by atoms with Crippen molar-refractivity contribution >= 4 is 30.6 Å². The Kier molecular flexibility index (Phi) is 9.57. The lowest BCUT2D eigenvalue weighted by molar-refractivity contribution is 0.243. The molecule has 1 heterocycles. The topological polar surface area (TPSA) is 71.2 Å². The SMILES string of the molecule is C[C@@H](CO)N[C@H](C)c1cccnc1N.Cl.Cl. The van der Waals surface area contributed by atoms with Gasteiger partial charge in [0.05, 0.1) is 6.61 Å². The third-order valence-corrected chi connectivity index (χ3v) is 2.15. The van der Waals surface area contributed by atoms with E-state index in [1.165, 1.54) is 0 Å². The van der Waals surface area contributed by atoms with Gasteiger partial charge < -0.3 is 16.2 Å². The molecule has 0 aromatic carbocycles. The van der Waals surface area contributed by atoms with Gasteiger partial charge in [0.25, 0.3) is 0 Å². The number of hydrogen-bond acceptors (Lipinski definition) is 4. The Bertz CT molecular complexity index is 299. The highest BCUT2D eigenvalue weighted by molar-refractivity contribution is 5.85. The minimum Gasteiger partial charge on any atom is -0.395 e. The smallest absolute Gasteiger partial charge is 0.128 e. The molecule has 4 nitrogen and oxygen atoms in total. The first-order chi connectivity index (χ1) is 6.65. The molecule has 0 saturated carbocycles. The third-order valence-electron chi connectivity index (χ3n) is 2.15. The number of anilines is 1. The average molecular weight is 268 g/mol. The summed E-state index contributed by atoms with van der Waals surface area (Å²) in [5.74, 6) is 0.539. The fourth-order valence-corrected chi connectivity index (χ4v) is 1.37. The second-order valence-corrected chi connectivity index (χ2v) is 3.45. The molecular weight excluding hydrogens is 249 g/mol. The van der Waals surface area contributed by atoms with Gasteiger partial charge in [-0.05, 0) is 19.9 Å². The molecular formula is C10H19Cl2N3O. The van der Waals surface area contributed by atoms with Crippen molar-refractivity contribution in [3.8, 4) is 0 Å². The zero-order valence-corrected chi connectivity index (χ0v) is 11.0. The van der Waals surface area contributed by atoms with E-state index in [0.717, 1.165) is 5.56 Å². The van der Waals surface area contributed by atoms with Crippen LogP contribution in [0.15, 0.2) is 18.3 Å². The molecule has 0 fully saturated rings.